The molecule has 1 aliphatic rings. The maximum absolute atomic E-state index is 11.3. The van der Waals surface area contributed by atoms with Crippen molar-refractivity contribution < 1.29 is 19.3 Å². The van der Waals surface area contributed by atoms with Gasteiger partial charge in [-0.15, -0.1) is 0 Å². The highest BCUT2D eigenvalue weighted by Crippen LogP contribution is 2.46. The smallest absolute Gasteiger partial charge is 0.312 e. The first-order valence-electron chi connectivity index (χ1n) is 8.09. The molecule has 0 bridgehead atoms. The maximum atomic E-state index is 11.3. The van der Waals surface area contributed by atoms with Crippen LogP contribution >= 0.6 is 0 Å². The lowest BCUT2D eigenvalue weighted by Gasteiger charge is -2.49. The summed E-state index contributed by atoms with van der Waals surface area (Å²) >= 11 is 0. The summed E-state index contributed by atoms with van der Waals surface area (Å²) in [4.78, 5) is 0. The van der Waals surface area contributed by atoms with Crippen molar-refractivity contribution in [1.82, 2.24) is 0 Å². The monoisotopic (exact) mass is 302 g/mol. The highest BCUT2D eigenvalue weighted by molar-refractivity contribution is 4.97. The van der Waals surface area contributed by atoms with Crippen LogP contribution in [0, 0.1) is 0 Å². The van der Waals surface area contributed by atoms with Crippen LogP contribution in [0.1, 0.15) is 81.1 Å². The molecule has 1 saturated carbocycles. The van der Waals surface area contributed by atoms with Crippen LogP contribution in [0.2, 0.25) is 0 Å². The largest absolute Gasteiger partial charge is 0.364 e. The molecule has 4 heteroatoms. The highest BCUT2D eigenvalue weighted by Gasteiger charge is 2.59. The number of hydrogen-bond donors (Lipinski definition) is 1. The second-order valence-electron chi connectivity index (χ2n) is 8.38. The molecule has 1 aliphatic carbocycles. The zero-order chi connectivity index (χ0) is 16.5. The molecule has 0 heterocycles. The zero-order valence-electron chi connectivity index (χ0n) is 15.1. The third-order valence-corrected chi connectivity index (χ3v) is 3.34. The lowest BCUT2D eigenvalue weighted by atomic mass is 9.96. The standard InChI is InChI=1S/C17H34O4/c1-13(2)19-16(11-9-10-12-16)17(18,20-14(3,4)5)21-15(6,7)8/h13,18H,9-12H2,1-8H3. The Hall–Kier alpha value is -0.160. The van der Waals surface area contributed by atoms with Crippen LogP contribution in [0.4, 0.5) is 0 Å². The molecule has 0 unspecified atom stereocenters. The minimum absolute atomic E-state index is 0.00163. The van der Waals surface area contributed by atoms with E-state index in [2.05, 4.69) is 0 Å². The minimum atomic E-state index is -1.75. The van der Waals surface area contributed by atoms with Gasteiger partial charge in [-0.1, -0.05) is 12.8 Å². The molecular formula is C17H34O4. The van der Waals surface area contributed by atoms with E-state index in [9.17, 15) is 5.11 Å². The molecule has 0 aromatic rings. The second-order valence-corrected chi connectivity index (χ2v) is 8.38. The van der Waals surface area contributed by atoms with Crippen molar-refractivity contribution in [3.63, 3.8) is 0 Å². The minimum Gasteiger partial charge on any atom is -0.364 e. The van der Waals surface area contributed by atoms with Gasteiger partial charge in [0.25, 0.3) is 0 Å². The number of ether oxygens (including phenoxy) is 3. The third kappa shape index (κ3) is 5.20. The first kappa shape index (κ1) is 18.9. The summed E-state index contributed by atoms with van der Waals surface area (Å²) in [5, 5.41) is 11.3. The average molecular weight is 302 g/mol. The lowest BCUT2D eigenvalue weighted by molar-refractivity contribution is -0.472. The topological polar surface area (TPSA) is 47.9 Å². The second kappa shape index (κ2) is 6.15. The number of hydrogen-bond acceptors (Lipinski definition) is 4. The van der Waals surface area contributed by atoms with Crippen molar-refractivity contribution in [2.24, 2.45) is 0 Å². The molecule has 0 aromatic carbocycles. The lowest BCUT2D eigenvalue weighted by Crippen LogP contribution is -2.63. The van der Waals surface area contributed by atoms with E-state index < -0.39 is 22.8 Å². The molecule has 0 spiro atoms. The van der Waals surface area contributed by atoms with Crippen molar-refractivity contribution >= 4 is 0 Å². The molecule has 0 saturated heterocycles. The van der Waals surface area contributed by atoms with E-state index in [4.69, 9.17) is 14.2 Å². The number of rotatable bonds is 5. The van der Waals surface area contributed by atoms with Crippen LogP contribution in [-0.4, -0.2) is 34.0 Å². The van der Waals surface area contributed by atoms with Crippen molar-refractivity contribution in [2.45, 2.75) is 110 Å². The normalized spacial score (nSPS) is 20.3. The molecule has 0 radical (unpaired) electrons. The van der Waals surface area contributed by atoms with Crippen LogP contribution in [0.5, 0.6) is 0 Å². The zero-order valence-corrected chi connectivity index (χ0v) is 15.1. The van der Waals surface area contributed by atoms with Gasteiger partial charge < -0.3 is 19.3 Å². The van der Waals surface area contributed by atoms with E-state index in [0.29, 0.717) is 0 Å². The summed E-state index contributed by atoms with van der Waals surface area (Å²) in [5.41, 5.74) is -1.87. The molecule has 0 aliphatic heterocycles. The van der Waals surface area contributed by atoms with Gasteiger partial charge in [-0.05, 0) is 68.2 Å². The molecule has 21 heavy (non-hydrogen) atoms. The van der Waals surface area contributed by atoms with Crippen LogP contribution in [-0.2, 0) is 14.2 Å². The predicted molar refractivity (Wildman–Crippen MR) is 84.0 cm³/mol. The van der Waals surface area contributed by atoms with Gasteiger partial charge in [0.15, 0.2) is 0 Å². The molecular weight excluding hydrogens is 268 g/mol. The van der Waals surface area contributed by atoms with Crippen LogP contribution in [0.15, 0.2) is 0 Å². The SMILES string of the molecule is CC(C)OC1(C(O)(OC(C)(C)C)OC(C)(C)C)CCCC1. The van der Waals surface area contributed by atoms with E-state index in [1.54, 1.807) is 0 Å². The highest BCUT2D eigenvalue weighted by atomic mass is 16.8. The molecule has 0 amide bonds. The summed E-state index contributed by atoms with van der Waals surface area (Å²) < 4.78 is 18.2. The maximum Gasteiger partial charge on any atom is 0.312 e. The molecule has 1 N–H and O–H groups in total. The Morgan fingerprint density at radius 1 is 0.857 bits per heavy atom. The Labute approximate surface area is 130 Å². The summed E-state index contributed by atoms with van der Waals surface area (Å²) in [7, 11) is 0. The van der Waals surface area contributed by atoms with E-state index in [0.717, 1.165) is 25.7 Å². The average Bonchev–Trinajstić information content (AvgIpc) is 2.59. The first-order chi connectivity index (χ1) is 9.29. The Bertz CT molecular complexity index is 314. The van der Waals surface area contributed by atoms with Crippen LogP contribution in [0.3, 0.4) is 0 Å². The quantitative estimate of drug-likeness (QED) is 0.780. The van der Waals surface area contributed by atoms with E-state index in [1.165, 1.54) is 0 Å². The molecule has 4 nitrogen and oxygen atoms in total. The molecule has 1 rings (SSSR count). The Morgan fingerprint density at radius 2 is 1.24 bits per heavy atom. The van der Waals surface area contributed by atoms with Gasteiger partial charge in [0, 0.05) is 0 Å². The van der Waals surface area contributed by atoms with Gasteiger partial charge in [-0.3, -0.25) is 0 Å². The summed E-state index contributed by atoms with van der Waals surface area (Å²) in [6.07, 6.45) is 3.51. The van der Waals surface area contributed by atoms with Crippen molar-refractivity contribution in [3.05, 3.63) is 0 Å². The van der Waals surface area contributed by atoms with Gasteiger partial charge in [0.2, 0.25) is 0 Å². The van der Waals surface area contributed by atoms with E-state index >= 15 is 0 Å². The molecule has 0 atom stereocenters. The van der Waals surface area contributed by atoms with E-state index in [1.807, 2.05) is 55.4 Å². The fourth-order valence-electron chi connectivity index (χ4n) is 2.94. The predicted octanol–water partition coefficient (Wildman–Crippen LogP) is 4.00. The van der Waals surface area contributed by atoms with Crippen LogP contribution in [0.25, 0.3) is 0 Å². The van der Waals surface area contributed by atoms with E-state index in [-0.39, 0.29) is 6.10 Å². The van der Waals surface area contributed by atoms with Gasteiger partial charge in [0.1, 0.15) is 5.60 Å². The Kier molecular flexibility index (Phi) is 5.53. The Balaban J connectivity index is 3.18. The van der Waals surface area contributed by atoms with Crippen molar-refractivity contribution in [1.29, 1.82) is 0 Å². The molecule has 1 fully saturated rings. The van der Waals surface area contributed by atoms with Gasteiger partial charge in [0.05, 0.1) is 17.3 Å². The Morgan fingerprint density at radius 3 is 1.52 bits per heavy atom. The summed E-state index contributed by atoms with van der Waals surface area (Å²) in [6.45, 7) is 15.5. The molecule has 126 valence electrons. The molecule has 0 aromatic heterocycles. The van der Waals surface area contributed by atoms with Crippen molar-refractivity contribution in [3.8, 4) is 0 Å². The third-order valence-electron chi connectivity index (χ3n) is 3.34. The van der Waals surface area contributed by atoms with Gasteiger partial charge in [-0.25, -0.2) is 0 Å². The van der Waals surface area contributed by atoms with Gasteiger partial charge in [-0.2, -0.15) is 0 Å². The first-order valence-corrected chi connectivity index (χ1v) is 8.09. The van der Waals surface area contributed by atoms with Crippen LogP contribution < -0.4 is 0 Å². The fraction of sp³-hybridized carbons (Fsp3) is 1.00. The fourth-order valence-corrected chi connectivity index (χ4v) is 2.94. The summed E-state index contributed by atoms with van der Waals surface area (Å²) in [5.74, 6) is -1.75. The van der Waals surface area contributed by atoms with Gasteiger partial charge >= 0.3 is 5.97 Å². The summed E-state index contributed by atoms with van der Waals surface area (Å²) in [6, 6.07) is 0. The van der Waals surface area contributed by atoms with Crippen molar-refractivity contribution in [2.75, 3.05) is 0 Å². The number of aliphatic hydroxyl groups is 1.